The fraction of sp³-hybridized carbons (Fsp3) is 0.381. The molecule has 4 atom stereocenters. The quantitative estimate of drug-likeness (QED) is 0.257. The molecule has 1 aromatic rings. The van der Waals surface area contributed by atoms with Crippen LogP contribution in [0.3, 0.4) is 0 Å². The highest BCUT2D eigenvalue weighted by Crippen LogP contribution is 2.52. The number of ketones is 2. The van der Waals surface area contributed by atoms with E-state index in [1.807, 2.05) is 0 Å². The number of phenolic OH excluding ortho intramolecular Hbond substituents is 1. The molecule has 9 nitrogen and oxygen atoms in total. The number of Topliss-reactive ketones (excluding diaryl/α,β-unsaturated/α-hetero) is 2. The van der Waals surface area contributed by atoms with Crippen molar-refractivity contribution < 1.29 is 34.8 Å². The summed E-state index contributed by atoms with van der Waals surface area (Å²) in [6.45, 7) is 0. The lowest BCUT2D eigenvalue weighted by Crippen LogP contribution is -2.65. The first-order valence-corrected chi connectivity index (χ1v) is 10.7. The standard InChI is InChI=1S/C21H21IN2O7.ClH/c1-24(2)15-9-6-7-5-8-10(22)3-4-11(25)13(8)16(26)12(7)18(28)21(9,31)19(29)14(17(15)27)20(23)30;/h3-4,7,9,15,25-26,29,31H,5-6H2,1-2H3,(H2,23,30);1H/t7-,9-,15-,21-;/m0./s1. The van der Waals surface area contributed by atoms with Crippen LogP contribution < -0.4 is 5.73 Å². The van der Waals surface area contributed by atoms with Crippen molar-refractivity contribution in [3.8, 4) is 5.75 Å². The van der Waals surface area contributed by atoms with Gasteiger partial charge in [-0.05, 0) is 73.1 Å². The molecule has 3 aliphatic carbocycles. The second kappa shape index (κ2) is 8.01. The van der Waals surface area contributed by atoms with Gasteiger partial charge in [0, 0.05) is 15.1 Å². The molecule has 4 rings (SSSR count). The fourth-order valence-electron chi connectivity index (χ4n) is 5.21. The van der Waals surface area contributed by atoms with Gasteiger partial charge in [-0.15, -0.1) is 12.4 Å². The highest BCUT2D eigenvalue weighted by atomic mass is 127. The van der Waals surface area contributed by atoms with Crippen LogP contribution in [-0.2, 0) is 20.8 Å². The monoisotopic (exact) mass is 576 g/mol. The molecule has 0 unspecified atom stereocenters. The van der Waals surface area contributed by atoms with Gasteiger partial charge in [-0.1, -0.05) is 0 Å². The first-order chi connectivity index (χ1) is 14.4. The number of benzene rings is 1. The SMILES string of the molecule is CN(C)[C@@H]1C(=O)C(C(N)=O)=C(O)[C@@]2(O)C(=O)C3=C(O)c4c(O)ccc(I)c4C[C@H]3C[C@@H]12.Cl. The van der Waals surface area contributed by atoms with E-state index in [9.17, 15) is 34.8 Å². The van der Waals surface area contributed by atoms with Gasteiger partial charge in [0.2, 0.25) is 5.78 Å². The van der Waals surface area contributed by atoms with Crippen LogP contribution in [0.1, 0.15) is 17.5 Å². The Bertz CT molecular complexity index is 1130. The smallest absolute Gasteiger partial charge is 0.255 e. The minimum absolute atomic E-state index is 0. The lowest BCUT2D eigenvalue weighted by Gasteiger charge is -2.50. The van der Waals surface area contributed by atoms with E-state index in [0.717, 1.165) is 3.57 Å². The number of nitrogens with two attached hydrogens (primary N) is 1. The predicted molar refractivity (Wildman–Crippen MR) is 124 cm³/mol. The van der Waals surface area contributed by atoms with Crippen LogP contribution in [0.25, 0.3) is 5.76 Å². The number of halogens is 2. The summed E-state index contributed by atoms with van der Waals surface area (Å²) < 4.78 is 0.784. The molecule has 172 valence electrons. The summed E-state index contributed by atoms with van der Waals surface area (Å²) in [5.41, 5.74) is 2.46. The average Bonchev–Trinajstić information content (AvgIpc) is 2.67. The highest BCUT2D eigenvalue weighted by molar-refractivity contribution is 14.1. The lowest BCUT2D eigenvalue weighted by molar-refractivity contribution is -0.153. The van der Waals surface area contributed by atoms with Crippen molar-refractivity contribution in [2.45, 2.75) is 24.5 Å². The molecular weight excluding hydrogens is 555 g/mol. The van der Waals surface area contributed by atoms with Crippen molar-refractivity contribution in [2.75, 3.05) is 14.1 Å². The van der Waals surface area contributed by atoms with Crippen LogP contribution in [0.15, 0.2) is 29.0 Å². The van der Waals surface area contributed by atoms with Crippen molar-refractivity contribution in [3.63, 3.8) is 0 Å². The molecule has 11 heteroatoms. The van der Waals surface area contributed by atoms with E-state index < -0.39 is 58.0 Å². The first-order valence-electron chi connectivity index (χ1n) is 9.58. The molecule has 3 aliphatic rings. The number of hydrogen-bond acceptors (Lipinski definition) is 8. The van der Waals surface area contributed by atoms with Gasteiger partial charge in [-0.25, -0.2) is 0 Å². The fourth-order valence-corrected chi connectivity index (χ4v) is 5.88. The Balaban J connectivity index is 0.00000289. The molecule has 32 heavy (non-hydrogen) atoms. The Hall–Kier alpha value is -2.15. The van der Waals surface area contributed by atoms with Crippen molar-refractivity contribution in [3.05, 3.63) is 43.7 Å². The Morgan fingerprint density at radius 2 is 1.84 bits per heavy atom. The van der Waals surface area contributed by atoms with Gasteiger partial charge in [-0.3, -0.25) is 19.3 Å². The van der Waals surface area contributed by atoms with E-state index in [-0.39, 0.29) is 35.7 Å². The van der Waals surface area contributed by atoms with Gasteiger partial charge in [0.15, 0.2) is 11.4 Å². The number of aliphatic hydroxyl groups is 3. The highest BCUT2D eigenvalue weighted by Gasteiger charge is 2.64. The number of aliphatic hydroxyl groups excluding tert-OH is 2. The van der Waals surface area contributed by atoms with Gasteiger partial charge in [0.05, 0.1) is 11.6 Å². The number of phenols is 1. The third-order valence-corrected chi connectivity index (χ3v) is 7.56. The topological polar surface area (TPSA) is 161 Å². The maximum absolute atomic E-state index is 13.6. The third kappa shape index (κ3) is 3.07. The minimum atomic E-state index is -2.61. The molecule has 1 amide bonds. The van der Waals surface area contributed by atoms with Crippen molar-refractivity contribution in [1.29, 1.82) is 0 Å². The summed E-state index contributed by atoms with van der Waals surface area (Å²) in [6, 6.07) is 2.00. The van der Waals surface area contributed by atoms with E-state index in [4.69, 9.17) is 5.73 Å². The largest absolute Gasteiger partial charge is 0.508 e. The normalized spacial score (nSPS) is 29.3. The number of likely N-dealkylation sites (N-methyl/N-ethyl adjacent to an activating group) is 1. The van der Waals surface area contributed by atoms with E-state index in [2.05, 4.69) is 22.6 Å². The number of fused-ring (bicyclic) bond motifs is 3. The zero-order chi connectivity index (χ0) is 23.0. The lowest BCUT2D eigenvalue weighted by atomic mass is 9.57. The number of aromatic hydroxyl groups is 1. The maximum atomic E-state index is 13.6. The summed E-state index contributed by atoms with van der Waals surface area (Å²) in [4.78, 5) is 39.9. The van der Waals surface area contributed by atoms with Gasteiger partial charge < -0.3 is 26.2 Å². The molecule has 1 aromatic carbocycles. The van der Waals surface area contributed by atoms with Gasteiger partial charge >= 0.3 is 0 Å². The zero-order valence-electron chi connectivity index (χ0n) is 17.1. The summed E-state index contributed by atoms with van der Waals surface area (Å²) in [5.74, 6) is -6.44. The predicted octanol–water partition coefficient (Wildman–Crippen LogP) is 0.990. The Morgan fingerprint density at radius 3 is 2.41 bits per heavy atom. The molecular formula is C21H22ClIN2O7. The number of rotatable bonds is 2. The van der Waals surface area contributed by atoms with Crippen molar-refractivity contribution in [2.24, 2.45) is 17.6 Å². The van der Waals surface area contributed by atoms with Crippen molar-refractivity contribution >= 4 is 58.2 Å². The molecule has 1 fully saturated rings. The number of hydrogen-bond donors (Lipinski definition) is 5. The van der Waals surface area contributed by atoms with E-state index >= 15 is 0 Å². The molecule has 0 aromatic heterocycles. The third-order valence-electron chi connectivity index (χ3n) is 6.55. The maximum Gasteiger partial charge on any atom is 0.255 e. The number of amides is 1. The Labute approximate surface area is 203 Å². The summed E-state index contributed by atoms with van der Waals surface area (Å²) in [5, 5.41) is 43.4. The number of nitrogens with zero attached hydrogens (tertiary/aromatic N) is 1. The number of carbonyl (C=O) groups is 3. The first kappa shape index (κ1) is 24.5. The van der Waals surface area contributed by atoms with Crippen LogP contribution >= 0.6 is 35.0 Å². The summed E-state index contributed by atoms with van der Waals surface area (Å²) >= 11 is 2.07. The van der Waals surface area contributed by atoms with E-state index in [1.54, 1.807) is 20.2 Å². The minimum Gasteiger partial charge on any atom is -0.508 e. The van der Waals surface area contributed by atoms with Crippen LogP contribution in [-0.4, -0.2) is 68.5 Å². The molecule has 6 N–H and O–H groups in total. The van der Waals surface area contributed by atoms with Crippen molar-refractivity contribution in [1.82, 2.24) is 4.90 Å². The molecule has 0 aliphatic heterocycles. The van der Waals surface area contributed by atoms with Crippen LogP contribution in [0.2, 0.25) is 0 Å². The Morgan fingerprint density at radius 1 is 1.22 bits per heavy atom. The summed E-state index contributed by atoms with van der Waals surface area (Å²) in [6.07, 6.45) is 0.374. The summed E-state index contributed by atoms with van der Waals surface area (Å²) in [7, 11) is 3.13. The van der Waals surface area contributed by atoms with Crippen LogP contribution in [0, 0.1) is 15.4 Å². The average molecular weight is 577 g/mol. The van der Waals surface area contributed by atoms with Crippen LogP contribution in [0.5, 0.6) is 5.75 Å². The molecule has 0 spiro atoms. The second-order valence-corrected chi connectivity index (χ2v) is 9.54. The molecule has 0 heterocycles. The second-order valence-electron chi connectivity index (χ2n) is 8.38. The zero-order valence-corrected chi connectivity index (χ0v) is 20.1. The number of carbonyl (C=O) groups excluding carboxylic acids is 3. The van der Waals surface area contributed by atoms with Gasteiger partial charge in [0.25, 0.3) is 5.91 Å². The number of primary amides is 1. The molecule has 0 bridgehead atoms. The Kier molecular flexibility index (Phi) is 6.13. The molecule has 1 saturated carbocycles. The molecule has 0 radical (unpaired) electrons. The van der Waals surface area contributed by atoms with Gasteiger partial charge in [-0.2, -0.15) is 0 Å². The molecule has 0 saturated heterocycles. The van der Waals surface area contributed by atoms with Gasteiger partial charge in [0.1, 0.15) is 22.8 Å². The van der Waals surface area contributed by atoms with Crippen LogP contribution in [0.4, 0.5) is 0 Å². The van der Waals surface area contributed by atoms with E-state index in [0.29, 0.717) is 12.0 Å². The van der Waals surface area contributed by atoms with E-state index in [1.165, 1.54) is 11.0 Å².